The molecule has 0 spiro atoms. The summed E-state index contributed by atoms with van der Waals surface area (Å²) in [5.74, 6) is -4.30. The number of ether oxygens (including phenoxy) is 2. The number of carbonyl (C=O) groups is 1. The fourth-order valence-corrected chi connectivity index (χ4v) is 3.77. The number of hydrogen-bond donors (Lipinski definition) is 1. The van der Waals surface area contributed by atoms with Crippen LogP contribution in [0.15, 0.2) is 60.7 Å². The fraction of sp³-hybridized carbons (Fsp3) is 0.259. The Morgan fingerprint density at radius 3 is 2.21 bits per heavy atom. The van der Waals surface area contributed by atoms with Gasteiger partial charge in [-0.25, -0.2) is 20.1 Å². The zero-order valence-corrected chi connectivity index (χ0v) is 20.0. The molecule has 0 fully saturated rings. The van der Waals surface area contributed by atoms with Crippen LogP contribution >= 0.6 is 0 Å². The van der Waals surface area contributed by atoms with Crippen LogP contribution in [-0.4, -0.2) is 29.7 Å². The molecule has 3 aromatic carbocycles. The normalized spacial score (nSPS) is 13.2. The Morgan fingerprint density at radius 2 is 1.66 bits per heavy atom. The zero-order chi connectivity index (χ0) is 28.3. The number of aromatic carboxylic acids is 1. The molecule has 0 aliphatic heterocycles. The van der Waals surface area contributed by atoms with E-state index in [4.69, 9.17) is 16.4 Å². The Balaban J connectivity index is 2.24. The average Bonchev–Trinajstić information content (AvgIpc) is 2.83. The van der Waals surface area contributed by atoms with E-state index in [9.17, 15) is 31.1 Å². The SMILES string of the molecule is [C-]#[N+]C(Cc1ccc(C(=O)O)cc1)(c1cc(F)cc(OC(F)(F)C(F)F)c1)c1ccc(F)c(OC(C)C)c1. The summed E-state index contributed by atoms with van der Waals surface area (Å²) in [6.45, 7) is 11.3. The first-order chi connectivity index (χ1) is 17.8. The van der Waals surface area contributed by atoms with Crippen molar-refractivity contribution in [2.24, 2.45) is 0 Å². The highest BCUT2D eigenvalue weighted by atomic mass is 19.3. The van der Waals surface area contributed by atoms with E-state index >= 15 is 0 Å². The standard InChI is InChI=1S/C27H21F6NO4/c1-15(2)37-23-12-18(8-9-22(23)29)26(34-3,14-16-4-6-17(7-5-16)24(35)36)19-10-20(28)13-21(11-19)38-27(32,33)25(30)31/h4-13,15,25H,14H2,1-2H3,(H,35,36). The summed E-state index contributed by atoms with van der Waals surface area (Å²) in [6, 6.07) is 10.9. The topological polar surface area (TPSA) is 60.1 Å². The lowest BCUT2D eigenvalue weighted by Gasteiger charge is -2.25. The Bertz CT molecular complexity index is 1350. The van der Waals surface area contributed by atoms with E-state index in [0.717, 1.165) is 18.2 Å². The maximum Gasteiger partial charge on any atom is 0.461 e. The van der Waals surface area contributed by atoms with E-state index < -0.39 is 47.5 Å². The third kappa shape index (κ3) is 6.19. The lowest BCUT2D eigenvalue weighted by molar-refractivity contribution is -0.253. The van der Waals surface area contributed by atoms with Crippen LogP contribution in [0.25, 0.3) is 4.85 Å². The van der Waals surface area contributed by atoms with Gasteiger partial charge < -0.3 is 14.6 Å². The van der Waals surface area contributed by atoms with Crippen LogP contribution < -0.4 is 9.47 Å². The number of rotatable bonds is 10. The molecule has 1 N–H and O–H groups in total. The van der Waals surface area contributed by atoms with E-state index in [1.54, 1.807) is 13.8 Å². The maximum absolute atomic E-state index is 14.6. The fourth-order valence-electron chi connectivity index (χ4n) is 3.77. The van der Waals surface area contributed by atoms with Crippen molar-refractivity contribution >= 4 is 5.97 Å². The maximum atomic E-state index is 14.6. The highest BCUT2D eigenvalue weighted by Crippen LogP contribution is 2.42. The number of hydrogen-bond acceptors (Lipinski definition) is 3. The molecule has 0 bridgehead atoms. The van der Waals surface area contributed by atoms with Crippen molar-refractivity contribution in [2.75, 3.05) is 0 Å². The number of alkyl halides is 4. The van der Waals surface area contributed by atoms with Gasteiger partial charge in [0.15, 0.2) is 11.6 Å². The molecule has 11 heteroatoms. The summed E-state index contributed by atoms with van der Waals surface area (Å²) in [5, 5.41) is 9.16. The Kier molecular flexibility index (Phi) is 8.25. The molecule has 3 aromatic rings. The second-order valence-corrected chi connectivity index (χ2v) is 8.60. The average molecular weight is 537 g/mol. The molecule has 38 heavy (non-hydrogen) atoms. The van der Waals surface area contributed by atoms with Gasteiger partial charge in [0.2, 0.25) is 0 Å². The van der Waals surface area contributed by atoms with Gasteiger partial charge in [0.1, 0.15) is 11.6 Å². The van der Waals surface area contributed by atoms with Gasteiger partial charge in [0.25, 0.3) is 5.54 Å². The Hall–Kier alpha value is -4.20. The summed E-state index contributed by atoms with van der Waals surface area (Å²) < 4.78 is 91.3. The molecule has 0 aliphatic carbocycles. The van der Waals surface area contributed by atoms with Crippen molar-refractivity contribution in [3.05, 3.63) is 106 Å². The summed E-state index contributed by atoms with van der Waals surface area (Å²) in [7, 11) is 0. The number of halogens is 6. The first-order valence-electron chi connectivity index (χ1n) is 11.1. The molecule has 5 nitrogen and oxygen atoms in total. The molecule has 0 radical (unpaired) electrons. The molecule has 0 heterocycles. The first kappa shape index (κ1) is 28.4. The Labute approximate surface area is 214 Å². The third-order valence-corrected chi connectivity index (χ3v) is 5.48. The van der Waals surface area contributed by atoms with Gasteiger partial charge >= 0.3 is 18.5 Å². The molecule has 0 saturated carbocycles. The van der Waals surface area contributed by atoms with Crippen molar-refractivity contribution in [1.82, 2.24) is 0 Å². The second-order valence-electron chi connectivity index (χ2n) is 8.60. The monoisotopic (exact) mass is 537 g/mol. The molecule has 0 amide bonds. The van der Waals surface area contributed by atoms with Crippen molar-refractivity contribution in [1.29, 1.82) is 0 Å². The van der Waals surface area contributed by atoms with Crippen LogP contribution in [0, 0.1) is 18.2 Å². The molecular formula is C27H21F6NO4. The van der Waals surface area contributed by atoms with Gasteiger partial charge in [-0.15, -0.1) is 0 Å². The Morgan fingerprint density at radius 1 is 1.00 bits per heavy atom. The molecule has 0 aromatic heterocycles. The van der Waals surface area contributed by atoms with Gasteiger partial charge in [-0.05, 0) is 61.9 Å². The second kappa shape index (κ2) is 11.0. The number of carboxylic acids is 1. The van der Waals surface area contributed by atoms with Crippen LogP contribution in [-0.2, 0) is 12.0 Å². The molecular weight excluding hydrogens is 516 g/mol. The summed E-state index contributed by atoms with van der Waals surface area (Å²) in [5.41, 5.74) is -1.77. The van der Waals surface area contributed by atoms with Gasteiger partial charge in [-0.3, -0.25) is 4.85 Å². The quantitative estimate of drug-likeness (QED) is 0.222. The molecule has 3 rings (SSSR count). The molecule has 0 saturated heterocycles. The van der Waals surface area contributed by atoms with E-state index in [2.05, 4.69) is 9.58 Å². The molecule has 1 unspecified atom stereocenters. The highest BCUT2D eigenvalue weighted by Gasteiger charge is 2.46. The van der Waals surface area contributed by atoms with E-state index in [1.807, 2.05) is 0 Å². The smallest absolute Gasteiger partial charge is 0.461 e. The lowest BCUT2D eigenvalue weighted by Crippen LogP contribution is -2.34. The number of benzene rings is 3. The predicted octanol–water partition coefficient (Wildman–Crippen LogP) is 7.09. The predicted molar refractivity (Wildman–Crippen MR) is 125 cm³/mol. The van der Waals surface area contributed by atoms with Gasteiger partial charge in [0, 0.05) is 17.2 Å². The first-order valence-corrected chi connectivity index (χ1v) is 11.1. The summed E-state index contributed by atoms with van der Waals surface area (Å²) in [6.07, 6.45) is -9.87. The van der Waals surface area contributed by atoms with Gasteiger partial charge in [-0.1, -0.05) is 12.1 Å². The number of carboxylic acid groups (broad SMARTS) is 1. The molecule has 0 aliphatic rings. The largest absolute Gasteiger partial charge is 0.488 e. The van der Waals surface area contributed by atoms with Gasteiger partial charge in [0.05, 0.1) is 18.1 Å². The van der Waals surface area contributed by atoms with Crippen LogP contribution in [0.4, 0.5) is 26.3 Å². The van der Waals surface area contributed by atoms with Crippen molar-refractivity contribution in [3.8, 4) is 11.5 Å². The van der Waals surface area contributed by atoms with Gasteiger partial charge in [-0.2, -0.15) is 17.6 Å². The highest BCUT2D eigenvalue weighted by molar-refractivity contribution is 5.87. The minimum atomic E-state index is -4.94. The van der Waals surface area contributed by atoms with E-state index in [-0.39, 0.29) is 28.9 Å². The van der Waals surface area contributed by atoms with E-state index in [0.29, 0.717) is 11.6 Å². The minimum Gasteiger partial charge on any atom is -0.488 e. The zero-order valence-electron chi connectivity index (χ0n) is 20.0. The molecule has 200 valence electrons. The minimum absolute atomic E-state index is 0.0489. The van der Waals surface area contributed by atoms with E-state index in [1.165, 1.54) is 36.4 Å². The number of nitrogens with zero attached hydrogens (tertiary/aromatic N) is 1. The summed E-state index contributed by atoms with van der Waals surface area (Å²) in [4.78, 5) is 14.9. The van der Waals surface area contributed by atoms with Crippen LogP contribution in [0.2, 0.25) is 0 Å². The molecule has 1 atom stereocenters. The van der Waals surface area contributed by atoms with Crippen LogP contribution in [0.5, 0.6) is 11.5 Å². The third-order valence-electron chi connectivity index (χ3n) is 5.48. The van der Waals surface area contributed by atoms with Crippen molar-refractivity contribution in [3.63, 3.8) is 0 Å². The van der Waals surface area contributed by atoms with Crippen molar-refractivity contribution in [2.45, 2.75) is 44.4 Å². The van der Waals surface area contributed by atoms with Crippen LogP contribution in [0.1, 0.15) is 40.9 Å². The lowest BCUT2D eigenvalue weighted by atomic mass is 9.78. The summed E-state index contributed by atoms with van der Waals surface area (Å²) >= 11 is 0. The van der Waals surface area contributed by atoms with Crippen LogP contribution in [0.3, 0.4) is 0 Å². The van der Waals surface area contributed by atoms with Crippen molar-refractivity contribution < 1.29 is 45.7 Å².